The number of hydrogen-bond acceptors (Lipinski definition) is 6. The molecule has 1 atom stereocenters. The van der Waals surface area contributed by atoms with Crippen molar-refractivity contribution in [3.8, 4) is 5.75 Å². The second-order valence-corrected chi connectivity index (χ2v) is 8.41. The summed E-state index contributed by atoms with van der Waals surface area (Å²) in [4.78, 5) is 17.1. The van der Waals surface area contributed by atoms with Crippen LogP contribution in [0.15, 0.2) is 24.3 Å². The predicted octanol–water partition coefficient (Wildman–Crippen LogP) is 2.34. The van der Waals surface area contributed by atoms with Crippen molar-refractivity contribution in [1.82, 2.24) is 14.7 Å². The van der Waals surface area contributed by atoms with Crippen molar-refractivity contribution >= 4 is 40.9 Å². The minimum atomic E-state index is -0.586. The van der Waals surface area contributed by atoms with Crippen molar-refractivity contribution in [2.24, 2.45) is 5.73 Å². The summed E-state index contributed by atoms with van der Waals surface area (Å²) in [5.74, 6) is 0.959. The maximum atomic E-state index is 13.1. The third-order valence-electron chi connectivity index (χ3n) is 5.76. The number of aromatic nitrogens is 2. The Morgan fingerprint density at radius 2 is 2.24 bits per heavy atom. The molecule has 1 amide bonds. The van der Waals surface area contributed by atoms with E-state index in [2.05, 4.69) is 15.3 Å². The van der Waals surface area contributed by atoms with Crippen molar-refractivity contribution in [3.63, 3.8) is 0 Å². The van der Waals surface area contributed by atoms with Crippen LogP contribution in [0.3, 0.4) is 0 Å². The molecular weight excluding hydrogens is 449 g/mol. The Morgan fingerprint density at radius 1 is 1.42 bits per heavy atom. The first-order chi connectivity index (χ1) is 15.9. The Morgan fingerprint density at radius 3 is 2.97 bits per heavy atom. The summed E-state index contributed by atoms with van der Waals surface area (Å²) in [5.41, 5.74) is 7.68. The summed E-state index contributed by atoms with van der Waals surface area (Å²) in [6, 6.07) is 5.40. The number of nitrogens with two attached hydrogens (primary N) is 1. The summed E-state index contributed by atoms with van der Waals surface area (Å²) in [5, 5.41) is 15.8. The smallest absolute Gasteiger partial charge is 0.244 e. The number of amides is 1. The quantitative estimate of drug-likeness (QED) is 0.418. The first kappa shape index (κ1) is 22.9. The van der Waals surface area contributed by atoms with Crippen LogP contribution in [0.4, 0.5) is 15.9 Å². The molecule has 4 rings (SSSR count). The molecule has 2 aliphatic heterocycles. The fourth-order valence-electron chi connectivity index (χ4n) is 4.20. The largest absolute Gasteiger partial charge is 0.489 e. The van der Waals surface area contributed by atoms with Crippen LogP contribution in [0, 0.1) is 5.41 Å². The van der Waals surface area contributed by atoms with Crippen molar-refractivity contribution in [2.45, 2.75) is 19.5 Å². The zero-order valence-electron chi connectivity index (χ0n) is 18.4. The van der Waals surface area contributed by atoms with Crippen molar-refractivity contribution in [2.75, 3.05) is 49.7 Å². The van der Waals surface area contributed by atoms with Gasteiger partial charge in [-0.2, -0.15) is 5.10 Å². The van der Waals surface area contributed by atoms with E-state index in [-0.39, 0.29) is 30.9 Å². The Hall–Kier alpha value is -3.27. The van der Waals surface area contributed by atoms with Crippen molar-refractivity contribution < 1.29 is 13.9 Å². The Balaban J connectivity index is 1.44. The average molecular weight is 476 g/mol. The topological polar surface area (TPSA) is 112 Å². The van der Waals surface area contributed by atoms with Gasteiger partial charge in [0.2, 0.25) is 5.91 Å². The van der Waals surface area contributed by atoms with Gasteiger partial charge in [0, 0.05) is 49.5 Å². The van der Waals surface area contributed by atoms with Crippen molar-refractivity contribution in [3.05, 3.63) is 40.6 Å². The molecule has 9 nitrogen and oxygen atoms in total. The minimum absolute atomic E-state index is 0.0383. The fraction of sp³-hybridized carbons (Fsp3) is 0.409. The van der Waals surface area contributed by atoms with E-state index in [4.69, 9.17) is 27.5 Å². The lowest BCUT2D eigenvalue weighted by molar-refractivity contribution is -0.134. The summed E-state index contributed by atoms with van der Waals surface area (Å²) in [6.45, 7) is 3.86. The Kier molecular flexibility index (Phi) is 6.73. The Labute approximate surface area is 196 Å². The number of amidine groups is 1. The van der Waals surface area contributed by atoms with Crippen LogP contribution in [0.2, 0.25) is 5.02 Å². The van der Waals surface area contributed by atoms with E-state index in [1.165, 1.54) is 0 Å². The molecule has 11 heteroatoms. The zero-order valence-corrected chi connectivity index (χ0v) is 19.1. The van der Waals surface area contributed by atoms with E-state index in [0.717, 1.165) is 11.3 Å². The number of piperazine rings is 1. The van der Waals surface area contributed by atoms with E-state index in [1.807, 2.05) is 30.0 Å². The third kappa shape index (κ3) is 4.75. The molecule has 33 heavy (non-hydrogen) atoms. The molecular formula is C22H27ClFN7O2. The van der Waals surface area contributed by atoms with Crippen LogP contribution in [-0.2, 0) is 11.3 Å². The second-order valence-electron chi connectivity index (χ2n) is 8.00. The monoisotopic (exact) mass is 475 g/mol. The number of nitrogen functional groups attached to an aromatic ring is 1. The van der Waals surface area contributed by atoms with Crippen LogP contribution in [0.1, 0.15) is 18.2 Å². The highest BCUT2D eigenvalue weighted by Crippen LogP contribution is 2.31. The van der Waals surface area contributed by atoms with E-state index in [0.29, 0.717) is 48.5 Å². The molecule has 1 unspecified atom stereocenters. The normalized spacial score (nSPS) is 17.5. The van der Waals surface area contributed by atoms with Gasteiger partial charge in [-0.05, 0) is 19.1 Å². The summed E-state index contributed by atoms with van der Waals surface area (Å²) in [6.07, 6.45) is 3.80. The maximum Gasteiger partial charge on any atom is 0.244 e. The molecule has 1 aromatic heterocycles. The number of fused-ring (bicyclic) bond motifs is 1. The third-order valence-corrected chi connectivity index (χ3v) is 6.08. The molecule has 2 aromatic rings. The van der Waals surface area contributed by atoms with Gasteiger partial charge in [0.25, 0.3) is 0 Å². The van der Waals surface area contributed by atoms with E-state index in [1.54, 1.807) is 16.8 Å². The van der Waals surface area contributed by atoms with Crippen LogP contribution in [-0.4, -0.2) is 71.9 Å². The van der Waals surface area contributed by atoms with Gasteiger partial charge in [-0.3, -0.25) is 10.2 Å². The number of alkyl halides is 1. The molecule has 1 fully saturated rings. The zero-order chi connectivity index (χ0) is 23.5. The number of rotatable bonds is 7. The highest BCUT2D eigenvalue weighted by Gasteiger charge is 2.29. The van der Waals surface area contributed by atoms with Crippen LogP contribution < -0.4 is 20.7 Å². The highest BCUT2D eigenvalue weighted by molar-refractivity contribution is 6.32. The maximum absolute atomic E-state index is 13.1. The van der Waals surface area contributed by atoms with Crippen molar-refractivity contribution in [1.29, 1.82) is 5.41 Å². The first-order valence-electron chi connectivity index (χ1n) is 10.8. The minimum Gasteiger partial charge on any atom is -0.489 e. The van der Waals surface area contributed by atoms with Gasteiger partial charge in [0.15, 0.2) is 0 Å². The predicted molar refractivity (Wildman–Crippen MR) is 127 cm³/mol. The number of halogens is 2. The number of hydrogen-bond donors (Lipinski definition) is 3. The van der Waals surface area contributed by atoms with Gasteiger partial charge >= 0.3 is 0 Å². The fourth-order valence-corrected chi connectivity index (χ4v) is 4.37. The number of nitrogens with one attached hydrogen (secondary N) is 2. The summed E-state index contributed by atoms with van der Waals surface area (Å²) >= 11 is 6.16. The molecule has 0 saturated carbocycles. The number of carbonyl (C=O) groups excluding carboxylic acids is 1. The lowest BCUT2D eigenvalue weighted by Crippen LogP contribution is -2.54. The Bertz CT molecular complexity index is 1090. The number of anilines is 2. The molecule has 0 radical (unpaired) electrons. The lowest BCUT2D eigenvalue weighted by Gasteiger charge is -2.41. The standard InChI is InChI=1S/C22H27ClFN7O2/c1-14-12-29(15-4-5-17(23)18(11-15)33-10-6-24)8-9-30(14)19(32)13-31-22-16(3-2-7-27-22)20(28-31)21(25)26/h2-5,11,14,27H,6-10,12-13H2,1H3,(H3,25,26). The van der Waals surface area contributed by atoms with Gasteiger partial charge in [0.1, 0.15) is 42.9 Å². The molecule has 3 heterocycles. The summed E-state index contributed by atoms with van der Waals surface area (Å²) in [7, 11) is 0. The molecule has 0 aliphatic carbocycles. The molecule has 1 saturated heterocycles. The lowest BCUT2D eigenvalue weighted by atomic mass is 10.1. The number of ether oxygens (including phenoxy) is 1. The molecule has 0 bridgehead atoms. The molecule has 0 spiro atoms. The van der Waals surface area contributed by atoms with E-state index in [9.17, 15) is 9.18 Å². The highest BCUT2D eigenvalue weighted by atomic mass is 35.5. The second kappa shape index (κ2) is 9.70. The molecule has 1 aromatic carbocycles. The van der Waals surface area contributed by atoms with Crippen LogP contribution >= 0.6 is 11.6 Å². The van der Waals surface area contributed by atoms with Gasteiger partial charge in [0.05, 0.1) is 5.02 Å². The molecule has 176 valence electrons. The van der Waals surface area contributed by atoms with Gasteiger partial charge in [-0.1, -0.05) is 23.8 Å². The summed E-state index contributed by atoms with van der Waals surface area (Å²) < 4.78 is 19.5. The molecule has 4 N–H and O–H groups in total. The van der Waals surface area contributed by atoms with Gasteiger partial charge < -0.3 is 25.6 Å². The average Bonchev–Trinajstić information content (AvgIpc) is 3.17. The van der Waals surface area contributed by atoms with Gasteiger partial charge in [-0.15, -0.1) is 0 Å². The van der Waals surface area contributed by atoms with Gasteiger partial charge in [-0.25, -0.2) is 9.07 Å². The van der Waals surface area contributed by atoms with Crippen LogP contribution in [0.25, 0.3) is 6.08 Å². The molecule has 2 aliphatic rings. The SMILES string of the molecule is CC1CN(c2ccc(Cl)c(OCCF)c2)CCN1C(=O)Cn1nc(C(=N)N)c2c1NCC=C2. The number of nitrogens with zero attached hydrogens (tertiary/aromatic N) is 4. The number of benzene rings is 1. The first-order valence-corrected chi connectivity index (χ1v) is 11.1. The van der Waals surface area contributed by atoms with E-state index >= 15 is 0 Å². The number of carbonyl (C=O) groups is 1. The van der Waals surface area contributed by atoms with Crippen LogP contribution in [0.5, 0.6) is 5.75 Å². The van der Waals surface area contributed by atoms with E-state index < -0.39 is 6.67 Å².